The van der Waals surface area contributed by atoms with Gasteiger partial charge in [0.1, 0.15) is 0 Å². The summed E-state index contributed by atoms with van der Waals surface area (Å²) in [5.41, 5.74) is 2.56. The molecule has 0 spiro atoms. The number of methoxy groups -OCH3 is 1. The van der Waals surface area contributed by atoms with Crippen LogP contribution in [-0.2, 0) is 4.74 Å². The second-order valence-electron chi connectivity index (χ2n) is 2.15. The average Bonchev–Trinajstić information content (AvgIpc) is 2.16. The highest BCUT2D eigenvalue weighted by molar-refractivity contribution is 5.95. The number of anilines is 1. The fourth-order valence-corrected chi connectivity index (χ4v) is 0.869. The van der Waals surface area contributed by atoms with E-state index in [4.69, 9.17) is 5.21 Å². The molecule has 0 saturated heterocycles. The van der Waals surface area contributed by atoms with E-state index in [9.17, 15) is 4.79 Å². The number of hydrogen-bond donors (Lipinski definition) is 2. The zero-order valence-electron chi connectivity index (χ0n) is 6.57. The Balaban J connectivity index is 3.04. The van der Waals surface area contributed by atoms with Crippen LogP contribution in [0.3, 0.4) is 0 Å². The third-order valence-electron chi connectivity index (χ3n) is 1.45. The molecule has 0 saturated carbocycles. The lowest BCUT2D eigenvalue weighted by Crippen LogP contribution is -2.05. The van der Waals surface area contributed by atoms with Crippen molar-refractivity contribution in [3.05, 3.63) is 29.8 Å². The van der Waals surface area contributed by atoms with Crippen LogP contribution in [0.25, 0.3) is 0 Å². The zero-order chi connectivity index (χ0) is 8.97. The molecule has 0 aliphatic heterocycles. The average molecular weight is 167 g/mol. The maximum absolute atomic E-state index is 11.0. The van der Waals surface area contributed by atoms with Gasteiger partial charge in [-0.25, -0.2) is 4.79 Å². The SMILES string of the molecule is COC(=O)c1ccccc1NO. The molecule has 0 atom stereocenters. The van der Waals surface area contributed by atoms with Gasteiger partial charge in [-0.05, 0) is 12.1 Å². The summed E-state index contributed by atoms with van der Waals surface area (Å²) in [5.74, 6) is -0.479. The van der Waals surface area contributed by atoms with Gasteiger partial charge in [0.05, 0.1) is 18.4 Å². The maximum Gasteiger partial charge on any atom is 0.340 e. The van der Waals surface area contributed by atoms with Gasteiger partial charge in [-0.2, -0.15) is 0 Å². The van der Waals surface area contributed by atoms with Gasteiger partial charge >= 0.3 is 5.97 Å². The number of ether oxygens (including phenoxy) is 1. The third kappa shape index (κ3) is 1.54. The van der Waals surface area contributed by atoms with Crippen LogP contribution < -0.4 is 5.48 Å². The molecule has 0 radical (unpaired) electrons. The molecule has 1 rings (SSSR count). The van der Waals surface area contributed by atoms with Crippen LogP contribution in [0.1, 0.15) is 10.4 Å². The molecule has 0 unspecified atom stereocenters. The Labute approximate surface area is 69.7 Å². The molecule has 64 valence electrons. The highest BCUT2D eigenvalue weighted by Gasteiger charge is 2.09. The maximum atomic E-state index is 11.0. The number of nitrogens with one attached hydrogen (secondary N) is 1. The number of esters is 1. The van der Waals surface area contributed by atoms with Gasteiger partial charge in [0, 0.05) is 0 Å². The first-order valence-corrected chi connectivity index (χ1v) is 3.37. The van der Waals surface area contributed by atoms with Crippen LogP contribution in [0, 0.1) is 0 Å². The van der Waals surface area contributed by atoms with Crippen molar-refractivity contribution in [1.29, 1.82) is 0 Å². The lowest BCUT2D eigenvalue weighted by molar-refractivity contribution is 0.0601. The van der Waals surface area contributed by atoms with Gasteiger partial charge in [0.2, 0.25) is 0 Å². The van der Waals surface area contributed by atoms with Crippen molar-refractivity contribution in [2.75, 3.05) is 12.6 Å². The van der Waals surface area contributed by atoms with E-state index in [2.05, 4.69) is 4.74 Å². The molecule has 1 aromatic carbocycles. The number of carbonyl (C=O) groups is 1. The lowest BCUT2D eigenvalue weighted by Gasteiger charge is -2.04. The highest BCUT2D eigenvalue weighted by atomic mass is 16.5. The Kier molecular flexibility index (Phi) is 2.66. The smallest absolute Gasteiger partial charge is 0.340 e. The molecular weight excluding hydrogens is 158 g/mol. The number of rotatable bonds is 2. The van der Waals surface area contributed by atoms with Gasteiger partial charge in [-0.3, -0.25) is 10.7 Å². The first-order chi connectivity index (χ1) is 5.79. The molecule has 0 amide bonds. The molecule has 4 heteroatoms. The van der Waals surface area contributed by atoms with Crippen LogP contribution in [-0.4, -0.2) is 18.3 Å². The fraction of sp³-hybridized carbons (Fsp3) is 0.125. The molecule has 0 aliphatic carbocycles. The van der Waals surface area contributed by atoms with Crippen molar-refractivity contribution in [2.24, 2.45) is 0 Å². The van der Waals surface area contributed by atoms with E-state index in [1.165, 1.54) is 7.11 Å². The normalized spacial score (nSPS) is 9.17. The van der Waals surface area contributed by atoms with E-state index >= 15 is 0 Å². The minimum absolute atomic E-state index is 0.308. The molecule has 0 aliphatic rings. The van der Waals surface area contributed by atoms with E-state index in [0.717, 1.165) is 0 Å². The highest BCUT2D eigenvalue weighted by Crippen LogP contribution is 2.14. The standard InChI is InChI=1S/C8H9NO3/c1-12-8(10)6-4-2-3-5-7(6)9-11/h2-5,9,11H,1H3. The largest absolute Gasteiger partial charge is 0.465 e. The predicted molar refractivity (Wildman–Crippen MR) is 43.2 cm³/mol. The van der Waals surface area contributed by atoms with E-state index in [-0.39, 0.29) is 0 Å². The first-order valence-electron chi connectivity index (χ1n) is 3.37. The third-order valence-corrected chi connectivity index (χ3v) is 1.45. The summed E-state index contributed by atoms with van der Waals surface area (Å²) in [7, 11) is 1.29. The van der Waals surface area contributed by atoms with Gasteiger partial charge in [0.25, 0.3) is 0 Å². The molecule has 1 aromatic rings. The summed E-state index contributed by atoms with van der Waals surface area (Å²) in [4.78, 5) is 11.0. The van der Waals surface area contributed by atoms with Crippen molar-refractivity contribution < 1.29 is 14.7 Å². The van der Waals surface area contributed by atoms with Crippen LogP contribution in [0.4, 0.5) is 5.69 Å². The summed E-state index contributed by atoms with van der Waals surface area (Å²) in [6, 6.07) is 6.52. The minimum Gasteiger partial charge on any atom is -0.465 e. The molecule has 0 fully saturated rings. The molecule has 2 N–H and O–H groups in total. The summed E-state index contributed by atoms with van der Waals surface area (Å²) in [6.07, 6.45) is 0. The monoisotopic (exact) mass is 167 g/mol. The zero-order valence-corrected chi connectivity index (χ0v) is 6.57. The Morgan fingerprint density at radius 2 is 2.17 bits per heavy atom. The van der Waals surface area contributed by atoms with Crippen LogP contribution >= 0.6 is 0 Å². The molecule has 4 nitrogen and oxygen atoms in total. The number of carbonyl (C=O) groups excluding carboxylic acids is 1. The van der Waals surface area contributed by atoms with Gasteiger partial charge in [0.15, 0.2) is 0 Å². The second-order valence-corrected chi connectivity index (χ2v) is 2.15. The van der Waals surface area contributed by atoms with Gasteiger partial charge in [-0.1, -0.05) is 12.1 Å². The Hall–Kier alpha value is -1.55. The predicted octanol–water partition coefficient (Wildman–Crippen LogP) is 1.27. The molecule has 0 bridgehead atoms. The molecule has 12 heavy (non-hydrogen) atoms. The van der Waals surface area contributed by atoms with Gasteiger partial charge < -0.3 is 4.74 Å². The number of para-hydroxylation sites is 1. The second kappa shape index (κ2) is 3.73. The summed E-state index contributed by atoms with van der Waals surface area (Å²) >= 11 is 0. The van der Waals surface area contributed by atoms with Crippen LogP contribution in [0.2, 0.25) is 0 Å². The molecule has 0 aromatic heterocycles. The van der Waals surface area contributed by atoms with E-state index in [1.54, 1.807) is 24.3 Å². The minimum atomic E-state index is -0.479. The summed E-state index contributed by atoms with van der Waals surface area (Å²) < 4.78 is 4.49. The van der Waals surface area contributed by atoms with Gasteiger partial charge in [-0.15, -0.1) is 0 Å². The van der Waals surface area contributed by atoms with E-state index < -0.39 is 5.97 Å². The Morgan fingerprint density at radius 3 is 2.75 bits per heavy atom. The summed E-state index contributed by atoms with van der Waals surface area (Å²) in [5, 5.41) is 8.61. The van der Waals surface area contributed by atoms with Crippen molar-refractivity contribution >= 4 is 11.7 Å². The molecule has 0 heterocycles. The van der Waals surface area contributed by atoms with E-state index in [0.29, 0.717) is 11.3 Å². The lowest BCUT2D eigenvalue weighted by atomic mass is 10.2. The Morgan fingerprint density at radius 1 is 1.50 bits per heavy atom. The van der Waals surface area contributed by atoms with Crippen molar-refractivity contribution in [1.82, 2.24) is 0 Å². The molecular formula is C8H9NO3. The van der Waals surface area contributed by atoms with Crippen molar-refractivity contribution in [3.8, 4) is 0 Å². The van der Waals surface area contributed by atoms with Crippen LogP contribution in [0.5, 0.6) is 0 Å². The topological polar surface area (TPSA) is 58.6 Å². The van der Waals surface area contributed by atoms with Crippen molar-refractivity contribution in [2.45, 2.75) is 0 Å². The van der Waals surface area contributed by atoms with Crippen molar-refractivity contribution in [3.63, 3.8) is 0 Å². The Bertz CT molecular complexity index is 285. The van der Waals surface area contributed by atoms with E-state index in [1.807, 2.05) is 5.48 Å². The van der Waals surface area contributed by atoms with Crippen LogP contribution in [0.15, 0.2) is 24.3 Å². The quantitative estimate of drug-likeness (QED) is 0.514. The summed E-state index contributed by atoms with van der Waals surface area (Å²) in [6.45, 7) is 0. The fourth-order valence-electron chi connectivity index (χ4n) is 0.869. The number of hydrogen-bond acceptors (Lipinski definition) is 4. The number of benzene rings is 1. The first kappa shape index (κ1) is 8.55.